The number of aromatic nitrogens is 2. The Kier molecular flexibility index (Phi) is 3.63. The molecule has 0 saturated heterocycles. The zero-order valence-electron chi connectivity index (χ0n) is 11.9. The fourth-order valence-electron chi connectivity index (χ4n) is 2.74. The normalized spacial score (nSPS) is 18.3. The van der Waals surface area contributed by atoms with Gasteiger partial charge in [0.25, 0.3) is 0 Å². The zero-order valence-corrected chi connectivity index (χ0v) is 11.9. The van der Waals surface area contributed by atoms with E-state index in [-0.39, 0.29) is 11.7 Å². The number of hydrogen-bond acceptors (Lipinski definition) is 3. The monoisotopic (exact) mass is 275 g/mol. The van der Waals surface area contributed by atoms with Crippen LogP contribution in [0.25, 0.3) is 11.0 Å². The minimum absolute atomic E-state index is 0.159. The second-order valence-corrected chi connectivity index (χ2v) is 5.67. The molecule has 1 aliphatic carbocycles. The van der Waals surface area contributed by atoms with Crippen LogP contribution in [-0.2, 0) is 4.74 Å². The summed E-state index contributed by atoms with van der Waals surface area (Å²) in [5.41, 5.74) is 2.72. The van der Waals surface area contributed by atoms with Crippen molar-refractivity contribution in [2.45, 2.75) is 31.8 Å². The third-order valence-electron chi connectivity index (χ3n) is 4.04. The summed E-state index contributed by atoms with van der Waals surface area (Å²) < 4.78 is 5.30. The first-order valence-electron chi connectivity index (χ1n) is 7.14. The number of fused-ring (bicyclic) bond motifs is 1. The quantitative estimate of drug-likeness (QED) is 0.754. The lowest BCUT2D eigenvalue weighted by molar-refractivity contribution is 0.152. The summed E-state index contributed by atoms with van der Waals surface area (Å²) >= 11 is 0. The molecule has 108 valence electrons. The Morgan fingerprint density at radius 2 is 2.10 bits per heavy atom. The zero-order chi connectivity index (χ0) is 14.1. The maximum absolute atomic E-state index is 11.3. The van der Waals surface area contributed by atoms with Crippen LogP contribution in [0.1, 0.15) is 31.4 Å². The molecule has 2 aromatic rings. The topological polar surface area (TPSA) is 69.9 Å². The molecule has 0 aliphatic heterocycles. The van der Waals surface area contributed by atoms with Crippen molar-refractivity contribution in [3.8, 4) is 0 Å². The minimum atomic E-state index is -0.159. The molecule has 2 unspecified atom stereocenters. The average molecular weight is 275 g/mol. The minimum Gasteiger partial charge on any atom is -0.383 e. The Balaban J connectivity index is 1.76. The van der Waals surface area contributed by atoms with Gasteiger partial charge in [0.1, 0.15) is 0 Å². The van der Waals surface area contributed by atoms with Gasteiger partial charge >= 0.3 is 5.69 Å². The number of H-pyrrole nitrogens is 2. The van der Waals surface area contributed by atoms with Gasteiger partial charge in [0.05, 0.1) is 17.6 Å². The molecule has 0 amide bonds. The predicted molar refractivity (Wildman–Crippen MR) is 78.9 cm³/mol. The van der Waals surface area contributed by atoms with Gasteiger partial charge in [-0.2, -0.15) is 0 Å². The Bertz CT molecular complexity index is 642. The Morgan fingerprint density at radius 3 is 2.80 bits per heavy atom. The van der Waals surface area contributed by atoms with Crippen LogP contribution in [0.2, 0.25) is 0 Å². The number of rotatable bonds is 6. The summed E-state index contributed by atoms with van der Waals surface area (Å²) in [5, 5.41) is 3.64. The van der Waals surface area contributed by atoms with Crippen molar-refractivity contribution in [1.29, 1.82) is 0 Å². The van der Waals surface area contributed by atoms with Gasteiger partial charge in [-0.3, -0.25) is 0 Å². The lowest BCUT2D eigenvalue weighted by atomic mass is 10.1. The van der Waals surface area contributed by atoms with Crippen LogP contribution >= 0.6 is 0 Å². The van der Waals surface area contributed by atoms with Gasteiger partial charge in [0.2, 0.25) is 0 Å². The van der Waals surface area contributed by atoms with Crippen LogP contribution in [0.4, 0.5) is 0 Å². The highest BCUT2D eigenvalue weighted by atomic mass is 16.5. The summed E-state index contributed by atoms with van der Waals surface area (Å²) in [5.74, 6) is 0.744. The molecule has 5 nitrogen and oxygen atoms in total. The molecule has 3 N–H and O–H groups in total. The number of ether oxygens (including phenoxy) is 1. The van der Waals surface area contributed by atoms with Crippen LogP contribution in [0.15, 0.2) is 23.0 Å². The van der Waals surface area contributed by atoms with E-state index in [4.69, 9.17) is 4.74 Å². The molecule has 0 radical (unpaired) electrons. The van der Waals surface area contributed by atoms with Crippen LogP contribution < -0.4 is 11.0 Å². The Morgan fingerprint density at radius 1 is 1.35 bits per heavy atom. The van der Waals surface area contributed by atoms with Gasteiger partial charge in [-0.25, -0.2) is 4.79 Å². The molecule has 0 bridgehead atoms. The van der Waals surface area contributed by atoms with E-state index in [1.807, 2.05) is 12.1 Å². The van der Waals surface area contributed by atoms with E-state index >= 15 is 0 Å². The largest absolute Gasteiger partial charge is 0.383 e. The highest BCUT2D eigenvalue weighted by molar-refractivity contribution is 5.75. The smallest absolute Gasteiger partial charge is 0.323 e. The molecule has 2 atom stereocenters. The summed E-state index contributed by atoms with van der Waals surface area (Å²) in [6, 6.07) is 6.68. The fraction of sp³-hybridized carbons (Fsp3) is 0.533. The van der Waals surface area contributed by atoms with E-state index < -0.39 is 0 Å². The molecule has 5 heteroatoms. The first-order chi connectivity index (χ1) is 9.67. The predicted octanol–water partition coefficient (Wildman–Crippen LogP) is 1.93. The third-order valence-corrected chi connectivity index (χ3v) is 4.04. The molecule has 0 spiro atoms. The van der Waals surface area contributed by atoms with Crippen molar-refractivity contribution in [3.05, 3.63) is 34.2 Å². The average Bonchev–Trinajstić information content (AvgIpc) is 3.19. The van der Waals surface area contributed by atoms with Crippen molar-refractivity contribution < 1.29 is 4.74 Å². The van der Waals surface area contributed by atoms with Crippen molar-refractivity contribution >= 4 is 11.0 Å². The summed E-state index contributed by atoms with van der Waals surface area (Å²) in [4.78, 5) is 16.9. The van der Waals surface area contributed by atoms with E-state index in [1.54, 1.807) is 7.11 Å². The summed E-state index contributed by atoms with van der Waals surface area (Å²) in [6.45, 7) is 2.90. The fourth-order valence-corrected chi connectivity index (χ4v) is 2.74. The molecular weight excluding hydrogens is 254 g/mol. The number of methoxy groups -OCH3 is 1. The number of aromatic amines is 2. The van der Waals surface area contributed by atoms with Gasteiger partial charge in [-0.05, 0) is 43.4 Å². The Hall–Kier alpha value is -1.59. The lowest BCUT2D eigenvalue weighted by Crippen LogP contribution is -2.36. The highest BCUT2D eigenvalue weighted by Gasteiger charge is 2.31. The molecule has 1 aliphatic rings. The van der Waals surface area contributed by atoms with E-state index in [1.165, 1.54) is 18.4 Å². The van der Waals surface area contributed by atoms with Gasteiger partial charge in [-0.15, -0.1) is 0 Å². The maximum atomic E-state index is 11.3. The Labute approximate surface area is 117 Å². The van der Waals surface area contributed by atoms with E-state index in [0.29, 0.717) is 6.04 Å². The maximum Gasteiger partial charge on any atom is 0.323 e. The molecule has 3 rings (SSSR count). The SMILES string of the molecule is COCC(NC(C)c1ccc2[nH]c(=O)[nH]c2c1)C1CC1. The van der Waals surface area contributed by atoms with E-state index in [9.17, 15) is 4.79 Å². The number of benzene rings is 1. The van der Waals surface area contributed by atoms with Crippen molar-refractivity contribution in [3.63, 3.8) is 0 Å². The van der Waals surface area contributed by atoms with Gasteiger partial charge in [-0.1, -0.05) is 6.07 Å². The first-order valence-corrected chi connectivity index (χ1v) is 7.14. The van der Waals surface area contributed by atoms with E-state index in [0.717, 1.165) is 23.6 Å². The van der Waals surface area contributed by atoms with E-state index in [2.05, 4.69) is 28.3 Å². The second kappa shape index (κ2) is 5.42. The van der Waals surface area contributed by atoms with Crippen molar-refractivity contribution in [2.24, 2.45) is 5.92 Å². The molecule has 1 saturated carbocycles. The molecule has 1 heterocycles. The van der Waals surface area contributed by atoms with Crippen LogP contribution in [0.3, 0.4) is 0 Å². The molecule has 20 heavy (non-hydrogen) atoms. The second-order valence-electron chi connectivity index (χ2n) is 5.67. The van der Waals surface area contributed by atoms with Gasteiger partial charge in [0, 0.05) is 19.2 Å². The first kappa shape index (κ1) is 13.4. The molecule has 1 aromatic heterocycles. The van der Waals surface area contributed by atoms with Gasteiger partial charge in [0.15, 0.2) is 0 Å². The van der Waals surface area contributed by atoms with Crippen LogP contribution in [0, 0.1) is 5.92 Å². The van der Waals surface area contributed by atoms with Crippen LogP contribution in [0.5, 0.6) is 0 Å². The van der Waals surface area contributed by atoms with Gasteiger partial charge < -0.3 is 20.0 Å². The van der Waals surface area contributed by atoms with Crippen molar-refractivity contribution in [2.75, 3.05) is 13.7 Å². The molecular formula is C15H21N3O2. The number of nitrogens with one attached hydrogen (secondary N) is 3. The lowest BCUT2D eigenvalue weighted by Gasteiger charge is -2.23. The number of imidazole rings is 1. The van der Waals surface area contributed by atoms with Crippen LogP contribution in [-0.4, -0.2) is 29.7 Å². The molecule has 1 fully saturated rings. The summed E-state index contributed by atoms with van der Waals surface area (Å²) in [6.07, 6.45) is 2.58. The third kappa shape index (κ3) is 2.78. The van der Waals surface area contributed by atoms with Crippen molar-refractivity contribution in [1.82, 2.24) is 15.3 Å². The standard InChI is InChI=1S/C15H21N3O2/c1-9(16-14(8-20-2)10-3-4-10)11-5-6-12-13(7-11)18-15(19)17-12/h5-7,9-10,14,16H,3-4,8H2,1-2H3,(H2,17,18,19). The summed E-state index contributed by atoms with van der Waals surface area (Å²) in [7, 11) is 1.75. The number of hydrogen-bond donors (Lipinski definition) is 3. The molecule has 1 aromatic carbocycles. The highest BCUT2D eigenvalue weighted by Crippen LogP contribution is 2.34.